The summed E-state index contributed by atoms with van der Waals surface area (Å²) in [6.07, 6.45) is 3.57. The Bertz CT molecular complexity index is 896. The van der Waals surface area contributed by atoms with E-state index >= 15 is 0 Å². The van der Waals surface area contributed by atoms with Crippen molar-refractivity contribution in [3.63, 3.8) is 0 Å². The Morgan fingerprint density at radius 2 is 1.86 bits per heavy atom. The molecule has 0 radical (unpaired) electrons. The second kappa shape index (κ2) is 11.7. The standard InChI is InChI=1S/C21H28ClNO4S2/c1-3-15-29(25,26)23(13-5-8-17-7-4-9-18(22)16-17)14-6-10-19-11-12-20(28-19)21(24)27-2/h4,7,9,11-12,16H,3,5-6,8,10,13-15H2,1-2H3. The Balaban J connectivity index is 1.91. The Morgan fingerprint density at radius 3 is 2.52 bits per heavy atom. The van der Waals surface area contributed by atoms with E-state index in [0.29, 0.717) is 35.8 Å². The minimum atomic E-state index is -3.27. The van der Waals surface area contributed by atoms with E-state index < -0.39 is 10.0 Å². The number of thiophene rings is 1. The quantitative estimate of drug-likeness (QED) is 0.429. The number of esters is 1. The zero-order chi connectivity index (χ0) is 21.3. The van der Waals surface area contributed by atoms with Gasteiger partial charge < -0.3 is 4.74 Å². The molecule has 2 rings (SSSR count). The normalized spacial score (nSPS) is 11.7. The lowest BCUT2D eigenvalue weighted by molar-refractivity contribution is 0.0606. The van der Waals surface area contributed by atoms with Gasteiger partial charge in [0.1, 0.15) is 4.88 Å². The molecule has 0 aliphatic heterocycles. The SMILES string of the molecule is CCCS(=O)(=O)N(CCCc1cccc(Cl)c1)CCCc1ccc(C(=O)OC)s1. The third-order valence-electron chi connectivity index (χ3n) is 4.50. The number of hydrogen-bond acceptors (Lipinski definition) is 5. The van der Waals surface area contributed by atoms with Crippen LogP contribution in [0.1, 0.15) is 46.3 Å². The van der Waals surface area contributed by atoms with Crippen LogP contribution in [0.15, 0.2) is 36.4 Å². The van der Waals surface area contributed by atoms with Crippen molar-refractivity contribution in [1.82, 2.24) is 4.31 Å². The van der Waals surface area contributed by atoms with Crippen molar-refractivity contribution in [3.8, 4) is 0 Å². The summed E-state index contributed by atoms with van der Waals surface area (Å²) in [5.74, 6) is -0.176. The van der Waals surface area contributed by atoms with Crippen LogP contribution in [-0.4, -0.2) is 44.6 Å². The molecule has 0 amide bonds. The van der Waals surface area contributed by atoms with E-state index in [1.54, 1.807) is 10.4 Å². The summed E-state index contributed by atoms with van der Waals surface area (Å²) in [6.45, 7) is 2.84. The maximum Gasteiger partial charge on any atom is 0.348 e. The summed E-state index contributed by atoms with van der Waals surface area (Å²) < 4.78 is 31.6. The molecule has 0 atom stereocenters. The first-order chi connectivity index (χ1) is 13.9. The van der Waals surface area contributed by atoms with Crippen molar-refractivity contribution in [1.29, 1.82) is 0 Å². The molecule has 0 N–H and O–H groups in total. The van der Waals surface area contributed by atoms with Gasteiger partial charge in [-0.15, -0.1) is 11.3 Å². The summed E-state index contributed by atoms with van der Waals surface area (Å²) in [7, 11) is -1.90. The Hall–Kier alpha value is -1.41. The van der Waals surface area contributed by atoms with Crippen molar-refractivity contribution < 1.29 is 17.9 Å². The van der Waals surface area contributed by atoms with Crippen LogP contribution in [0.25, 0.3) is 0 Å². The number of methoxy groups -OCH3 is 1. The number of nitrogens with zero attached hydrogens (tertiary/aromatic N) is 1. The number of ether oxygens (including phenoxy) is 1. The van der Waals surface area contributed by atoms with Crippen LogP contribution in [-0.2, 0) is 27.6 Å². The Kier molecular flexibility index (Phi) is 9.62. The Morgan fingerprint density at radius 1 is 1.14 bits per heavy atom. The van der Waals surface area contributed by atoms with E-state index in [4.69, 9.17) is 16.3 Å². The molecule has 2 aromatic rings. The molecule has 1 aromatic heterocycles. The second-order valence-electron chi connectivity index (χ2n) is 6.81. The van der Waals surface area contributed by atoms with Crippen LogP contribution < -0.4 is 0 Å². The molecule has 0 aliphatic carbocycles. The first kappa shape index (κ1) is 23.9. The third kappa shape index (κ3) is 7.74. The maximum atomic E-state index is 12.6. The summed E-state index contributed by atoms with van der Waals surface area (Å²) in [5, 5.41) is 0.695. The topological polar surface area (TPSA) is 63.7 Å². The minimum Gasteiger partial charge on any atom is -0.465 e. The lowest BCUT2D eigenvalue weighted by Gasteiger charge is -2.22. The third-order valence-corrected chi connectivity index (χ3v) is 7.93. The number of sulfonamides is 1. The van der Waals surface area contributed by atoms with Crippen molar-refractivity contribution in [2.45, 2.75) is 39.0 Å². The van der Waals surface area contributed by atoms with Gasteiger partial charge in [-0.3, -0.25) is 0 Å². The highest BCUT2D eigenvalue weighted by Gasteiger charge is 2.20. The first-order valence-electron chi connectivity index (χ1n) is 9.75. The number of benzene rings is 1. The van der Waals surface area contributed by atoms with Gasteiger partial charge in [-0.25, -0.2) is 17.5 Å². The van der Waals surface area contributed by atoms with Crippen molar-refractivity contribution in [3.05, 3.63) is 56.7 Å². The van der Waals surface area contributed by atoms with Crippen molar-refractivity contribution in [2.75, 3.05) is 26.0 Å². The zero-order valence-electron chi connectivity index (χ0n) is 16.9. The lowest BCUT2D eigenvalue weighted by atomic mass is 10.1. The fourth-order valence-corrected chi connectivity index (χ4v) is 5.85. The van der Waals surface area contributed by atoms with E-state index in [0.717, 1.165) is 29.7 Å². The number of carbonyl (C=O) groups is 1. The molecule has 0 spiro atoms. The van der Waals surface area contributed by atoms with E-state index in [2.05, 4.69) is 0 Å². The molecule has 1 heterocycles. The molecule has 0 unspecified atom stereocenters. The fourth-order valence-electron chi connectivity index (χ4n) is 3.08. The summed E-state index contributed by atoms with van der Waals surface area (Å²) >= 11 is 7.42. The average Bonchev–Trinajstić information content (AvgIpc) is 3.15. The van der Waals surface area contributed by atoms with Gasteiger partial charge in [0.05, 0.1) is 12.9 Å². The number of carbonyl (C=O) groups excluding carboxylic acids is 1. The zero-order valence-corrected chi connectivity index (χ0v) is 19.3. The largest absolute Gasteiger partial charge is 0.465 e. The molecule has 29 heavy (non-hydrogen) atoms. The smallest absolute Gasteiger partial charge is 0.348 e. The molecule has 0 bridgehead atoms. The van der Waals surface area contributed by atoms with Gasteiger partial charge in [-0.2, -0.15) is 0 Å². The van der Waals surface area contributed by atoms with Crippen LogP contribution in [0.5, 0.6) is 0 Å². The molecule has 8 heteroatoms. The second-order valence-corrected chi connectivity index (χ2v) is 10.5. The molecule has 0 fully saturated rings. The molecule has 1 aromatic carbocycles. The molecule has 5 nitrogen and oxygen atoms in total. The van der Waals surface area contributed by atoms with Gasteiger partial charge in [-0.05, 0) is 61.9 Å². The van der Waals surface area contributed by atoms with E-state index in [9.17, 15) is 13.2 Å². The van der Waals surface area contributed by atoms with Gasteiger partial charge in [0.15, 0.2) is 0 Å². The van der Waals surface area contributed by atoms with Gasteiger partial charge in [0.2, 0.25) is 10.0 Å². The molecular formula is C21H28ClNO4S2. The predicted molar refractivity (Wildman–Crippen MR) is 119 cm³/mol. The predicted octanol–water partition coefficient (Wildman–Crippen LogP) is 4.80. The first-order valence-corrected chi connectivity index (χ1v) is 12.6. The van der Waals surface area contributed by atoms with E-state index in [-0.39, 0.29) is 11.7 Å². The van der Waals surface area contributed by atoms with Crippen molar-refractivity contribution >= 4 is 38.9 Å². The highest BCUT2D eigenvalue weighted by Crippen LogP contribution is 2.20. The van der Waals surface area contributed by atoms with Crippen LogP contribution in [0, 0.1) is 0 Å². The number of halogens is 1. The summed E-state index contributed by atoms with van der Waals surface area (Å²) in [6, 6.07) is 11.3. The lowest BCUT2D eigenvalue weighted by Crippen LogP contribution is -2.35. The van der Waals surface area contributed by atoms with Crippen LogP contribution >= 0.6 is 22.9 Å². The Labute approximate surface area is 182 Å². The van der Waals surface area contributed by atoms with Gasteiger partial charge in [0, 0.05) is 23.0 Å². The van der Waals surface area contributed by atoms with Gasteiger partial charge in [0.25, 0.3) is 0 Å². The highest BCUT2D eigenvalue weighted by atomic mass is 35.5. The summed E-state index contributed by atoms with van der Waals surface area (Å²) in [4.78, 5) is 13.2. The molecule has 160 valence electrons. The maximum absolute atomic E-state index is 12.6. The number of hydrogen-bond donors (Lipinski definition) is 0. The fraction of sp³-hybridized carbons (Fsp3) is 0.476. The molecular weight excluding hydrogens is 430 g/mol. The highest BCUT2D eigenvalue weighted by molar-refractivity contribution is 7.89. The van der Waals surface area contributed by atoms with Crippen molar-refractivity contribution in [2.24, 2.45) is 0 Å². The van der Waals surface area contributed by atoms with E-state index in [1.807, 2.05) is 37.3 Å². The minimum absolute atomic E-state index is 0.162. The summed E-state index contributed by atoms with van der Waals surface area (Å²) in [5.41, 5.74) is 1.11. The van der Waals surface area contributed by atoms with E-state index in [1.165, 1.54) is 18.4 Å². The van der Waals surface area contributed by atoms with Crippen LogP contribution in [0.3, 0.4) is 0 Å². The number of rotatable bonds is 12. The van der Waals surface area contributed by atoms with Crippen LogP contribution in [0.4, 0.5) is 0 Å². The average molecular weight is 458 g/mol. The molecule has 0 saturated heterocycles. The molecule has 0 aliphatic rings. The number of aryl methyl sites for hydroxylation is 2. The monoisotopic (exact) mass is 457 g/mol. The van der Waals surface area contributed by atoms with Gasteiger partial charge in [-0.1, -0.05) is 30.7 Å². The van der Waals surface area contributed by atoms with Gasteiger partial charge >= 0.3 is 5.97 Å². The van der Waals surface area contributed by atoms with Crippen LogP contribution in [0.2, 0.25) is 5.02 Å². The molecule has 0 saturated carbocycles.